The fourth-order valence-electron chi connectivity index (χ4n) is 3.57. The minimum atomic E-state index is -0.679. The smallest absolute Gasteiger partial charge is 0.300 e. The number of nitrogens with zero attached hydrogens (tertiary/aromatic N) is 9. The van der Waals surface area contributed by atoms with Gasteiger partial charge in [-0.1, -0.05) is 33.9 Å². The topological polar surface area (TPSA) is 114 Å². The highest BCUT2D eigenvalue weighted by atomic mass is 19.1. The Morgan fingerprint density at radius 3 is 2.60 bits per heavy atom. The maximum atomic E-state index is 14.8. The minimum Gasteiger partial charge on any atom is -0.422 e. The van der Waals surface area contributed by atoms with Gasteiger partial charge in [-0.05, 0) is 23.6 Å². The van der Waals surface area contributed by atoms with Gasteiger partial charge in [0.2, 0.25) is 5.82 Å². The van der Waals surface area contributed by atoms with E-state index in [9.17, 15) is 9.18 Å². The molecule has 2 aliphatic heterocycles. The second kappa shape index (κ2) is 9.35. The zero-order chi connectivity index (χ0) is 25.3. The molecule has 184 valence electrons. The molecule has 2 aliphatic rings. The molecule has 1 amide bonds. The van der Waals surface area contributed by atoms with Gasteiger partial charge in [0.25, 0.3) is 11.9 Å². The van der Waals surface area contributed by atoms with Gasteiger partial charge in [-0.2, -0.15) is 9.79 Å². The summed E-state index contributed by atoms with van der Waals surface area (Å²) in [5.74, 6) is -0.166. The van der Waals surface area contributed by atoms with Crippen molar-refractivity contribution in [1.82, 2.24) is 35.0 Å². The first kappa shape index (κ1) is 24.2. The Kier molecular flexibility index (Phi) is 6.46. The van der Waals surface area contributed by atoms with E-state index in [2.05, 4.69) is 43.5 Å². The highest BCUT2D eigenvalue weighted by Crippen LogP contribution is 2.21. The second-order valence-corrected chi connectivity index (χ2v) is 9.63. The number of pyridine rings is 1. The molecule has 35 heavy (non-hydrogen) atoms. The van der Waals surface area contributed by atoms with E-state index in [0.29, 0.717) is 56.0 Å². The average molecular weight is 482 g/mol. The van der Waals surface area contributed by atoms with E-state index in [0.717, 1.165) is 6.07 Å². The standard InChI is InChI=1S/C23H28FN9O2/c1-14(2)26-19-15(3)35-22(27-19)32-9-7-31(8-10-32)21(34)16-11-17(24)18(25-12-16)20-28-30-33(29-20)13-23(4,5)6/h11-12H,1,3,7-10,13H2,2,4-6H3. The van der Waals surface area contributed by atoms with Gasteiger partial charge in [0, 0.05) is 38.1 Å². The minimum absolute atomic E-state index is 0.0459. The third kappa shape index (κ3) is 5.58. The number of halogens is 1. The number of ether oxygens (including phenoxy) is 1. The van der Waals surface area contributed by atoms with Crippen LogP contribution in [0.1, 0.15) is 38.1 Å². The number of tetrazole rings is 1. The summed E-state index contributed by atoms with van der Waals surface area (Å²) in [6.07, 6.45) is 1.34. The molecule has 0 radical (unpaired) electrons. The summed E-state index contributed by atoms with van der Waals surface area (Å²) >= 11 is 0. The van der Waals surface area contributed by atoms with Gasteiger partial charge < -0.3 is 14.5 Å². The van der Waals surface area contributed by atoms with Gasteiger partial charge in [0.1, 0.15) is 5.69 Å². The van der Waals surface area contributed by atoms with Crippen LogP contribution in [0.4, 0.5) is 4.39 Å². The Morgan fingerprint density at radius 1 is 1.26 bits per heavy atom. The van der Waals surface area contributed by atoms with Crippen molar-refractivity contribution in [2.45, 2.75) is 34.2 Å². The van der Waals surface area contributed by atoms with E-state index in [4.69, 9.17) is 4.74 Å². The SMILES string of the molecule is C=C(C)N=C1N=C(N2CCN(C(=O)c3cnc(-c4nnn(CC(C)(C)C)n4)c(F)c3)CC2)OC1=C. The maximum Gasteiger partial charge on any atom is 0.300 e. The highest BCUT2D eigenvalue weighted by molar-refractivity contribution is 6.09. The maximum absolute atomic E-state index is 14.8. The van der Waals surface area contributed by atoms with Crippen LogP contribution in [-0.2, 0) is 11.3 Å². The molecule has 0 bridgehead atoms. The number of hydrogen-bond acceptors (Lipinski definition) is 8. The number of amides is 1. The molecule has 1 fully saturated rings. The van der Waals surface area contributed by atoms with E-state index in [1.165, 1.54) is 11.0 Å². The van der Waals surface area contributed by atoms with Gasteiger partial charge in [-0.15, -0.1) is 10.2 Å². The van der Waals surface area contributed by atoms with Crippen molar-refractivity contribution in [2.24, 2.45) is 15.4 Å². The lowest BCUT2D eigenvalue weighted by atomic mass is 9.97. The molecular formula is C23H28FN9O2. The molecule has 0 atom stereocenters. The number of carbonyl (C=O) groups is 1. The Labute approximate surface area is 202 Å². The number of aliphatic imine (C=N–C) groups is 2. The molecule has 2 aromatic heterocycles. The van der Waals surface area contributed by atoms with Crippen LogP contribution < -0.4 is 0 Å². The van der Waals surface area contributed by atoms with E-state index in [-0.39, 0.29) is 28.4 Å². The predicted octanol–water partition coefficient (Wildman–Crippen LogP) is 2.51. The lowest BCUT2D eigenvalue weighted by Gasteiger charge is -2.34. The predicted molar refractivity (Wildman–Crippen MR) is 128 cm³/mol. The van der Waals surface area contributed by atoms with Crippen LogP contribution in [-0.4, -0.2) is 78.9 Å². The van der Waals surface area contributed by atoms with Gasteiger partial charge in [0.05, 0.1) is 12.1 Å². The van der Waals surface area contributed by atoms with Crippen LogP contribution in [0.5, 0.6) is 0 Å². The molecule has 2 aromatic rings. The number of aromatic nitrogens is 5. The first-order valence-electron chi connectivity index (χ1n) is 11.2. The highest BCUT2D eigenvalue weighted by Gasteiger charge is 2.30. The second-order valence-electron chi connectivity index (χ2n) is 9.63. The molecule has 0 aromatic carbocycles. The van der Waals surface area contributed by atoms with Crippen molar-refractivity contribution in [3.63, 3.8) is 0 Å². The number of carbonyl (C=O) groups excluding carboxylic acids is 1. The van der Waals surface area contributed by atoms with Crippen molar-refractivity contribution in [1.29, 1.82) is 0 Å². The van der Waals surface area contributed by atoms with E-state index < -0.39 is 5.82 Å². The van der Waals surface area contributed by atoms with E-state index >= 15 is 0 Å². The zero-order valence-corrected chi connectivity index (χ0v) is 20.3. The van der Waals surface area contributed by atoms with E-state index in [1.54, 1.807) is 11.8 Å². The van der Waals surface area contributed by atoms with Crippen molar-refractivity contribution >= 4 is 17.8 Å². The van der Waals surface area contributed by atoms with Crippen LogP contribution >= 0.6 is 0 Å². The number of rotatable bonds is 4. The van der Waals surface area contributed by atoms with Gasteiger partial charge in [-0.3, -0.25) is 4.79 Å². The number of hydrogen-bond donors (Lipinski definition) is 0. The molecule has 0 saturated carbocycles. The quantitative estimate of drug-likeness (QED) is 0.659. The summed E-state index contributed by atoms with van der Waals surface area (Å²) in [5, 5.41) is 12.1. The summed E-state index contributed by atoms with van der Waals surface area (Å²) in [7, 11) is 0. The molecule has 4 heterocycles. The summed E-state index contributed by atoms with van der Waals surface area (Å²) in [4.78, 5) is 30.6. The third-order valence-electron chi connectivity index (χ3n) is 5.17. The lowest BCUT2D eigenvalue weighted by molar-refractivity contribution is 0.0678. The fraction of sp³-hybridized carbons (Fsp3) is 0.435. The molecule has 1 saturated heterocycles. The third-order valence-corrected chi connectivity index (χ3v) is 5.17. The van der Waals surface area contributed by atoms with Crippen molar-refractivity contribution in [3.8, 4) is 11.5 Å². The van der Waals surface area contributed by atoms with Gasteiger partial charge in [0.15, 0.2) is 17.4 Å². The summed E-state index contributed by atoms with van der Waals surface area (Å²) < 4.78 is 20.4. The lowest BCUT2D eigenvalue weighted by Crippen LogP contribution is -2.50. The number of piperazine rings is 1. The molecule has 11 nitrogen and oxygen atoms in total. The van der Waals surface area contributed by atoms with Crippen LogP contribution in [0.3, 0.4) is 0 Å². The first-order chi connectivity index (χ1) is 16.5. The van der Waals surface area contributed by atoms with Crippen LogP contribution in [0.2, 0.25) is 0 Å². The number of allylic oxidation sites excluding steroid dienone is 1. The normalized spacial score (nSPS) is 17.6. The zero-order valence-electron chi connectivity index (χ0n) is 20.3. The van der Waals surface area contributed by atoms with Crippen molar-refractivity contribution < 1.29 is 13.9 Å². The van der Waals surface area contributed by atoms with Crippen LogP contribution in [0, 0.1) is 11.2 Å². The monoisotopic (exact) mass is 481 g/mol. The molecule has 4 rings (SSSR count). The Morgan fingerprint density at radius 2 is 1.97 bits per heavy atom. The molecule has 0 spiro atoms. The van der Waals surface area contributed by atoms with Crippen LogP contribution in [0.15, 0.2) is 46.9 Å². The fourth-order valence-corrected chi connectivity index (χ4v) is 3.57. The number of amidine groups is 2. The first-order valence-corrected chi connectivity index (χ1v) is 11.2. The molecular weight excluding hydrogens is 453 g/mol. The molecule has 0 unspecified atom stereocenters. The largest absolute Gasteiger partial charge is 0.422 e. The van der Waals surface area contributed by atoms with Crippen molar-refractivity contribution in [2.75, 3.05) is 26.2 Å². The Hall–Kier alpha value is -3.96. The van der Waals surface area contributed by atoms with Crippen molar-refractivity contribution in [3.05, 3.63) is 48.3 Å². The Bertz CT molecular complexity index is 1230. The van der Waals surface area contributed by atoms with E-state index in [1.807, 2.05) is 25.7 Å². The molecule has 0 aliphatic carbocycles. The summed E-state index contributed by atoms with van der Waals surface area (Å²) in [5.41, 5.74) is 0.646. The summed E-state index contributed by atoms with van der Waals surface area (Å²) in [6.45, 7) is 17.8. The molecule has 12 heteroatoms. The Balaban J connectivity index is 1.40. The average Bonchev–Trinajstić information content (AvgIpc) is 3.38. The van der Waals surface area contributed by atoms with Gasteiger partial charge in [-0.25, -0.2) is 14.4 Å². The van der Waals surface area contributed by atoms with Crippen LogP contribution in [0.25, 0.3) is 11.5 Å². The molecule has 0 N–H and O–H groups in total. The van der Waals surface area contributed by atoms with Gasteiger partial charge >= 0.3 is 0 Å². The summed E-state index contributed by atoms with van der Waals surface area (Å²) in [6, 6.07) is 1.56.